The van der Waals surface area contributed by atoms with Crippen LogP contribution in [0.15, 0.2) is 32.8 Å². The van der Waals surface area contributed by atoms with Gasteiger partial charge in [0, 0.05) is 12.4 Å². The summed E-state index contributed by atoms with van der Waals surface area (Å²) >= 11 is 0. The highest BCUT2D eigenvalue weighted by Gasteiger charge is 2.00. The Kier molecular flexibility index (Phi) is 2.54. The van der Waals surface area contributed by atoms with Gasteiger partial charge in [0.05, 0.1) is 13.1 Å². The van der Waals surface area contributed by atoms with E-state index in [0.29, 0.717) is 6.54 Å². The number of aromatic amines is 2. The molecule has 0 aromatic carbocycles. The van der Waals surface area contributed by atoms with E-state index < -0.39 is 16.8 Å². The molecule has 0 saturated heterocycles. The summed E-state index contributed by atoms with van der Waals surface area (Å²) in [6.45, 7) is 0.654. The number of H-pyrrole nitrogens is 2. The fourth-order valence-electron chi connectivity index (χ4n) is 1.24. The lowest BCUT2D eigenvalue weighted by Gasteiger charge is -2.03. The fraction of sp³-hybridized carbons (Fsp3) is 0.250. The maximum absolute atomic E-state index is 11.3. The predicted octanol–water partition coefficient (Wildman–Crippen LogP) is -1.88. The minimum absolute atomic E-state index is 0.229. The topological polar surface area (TPSA) is 106 Å². The molecule has 0 amide bonds. The zero-order valence-electron chi connectivity index (χ0n) is 8.21. The van der Waals surface area contributed by atoms with Crippen LogP contribution in [-0.4, -0.2) is 24.5 Å². The average Bonchev–Trinajstić information content (AvgIpc) is 2.74. The summed E-state index contributed by atoms with van der Waals surface area (Å²) in [4.78, 5) is 34.9. The normalized spacial score (nSPS) is 10.5. The molecular weight excluding hydrogens is 214 g/mol. The first-order chi connectivity index (χ1) is 7.66. The van der Waals surface area contributed by atoms with Crippen LogP contribution in [0.1, 0.15) is 0 Å². The first-order valence-electron chi connectivity index (χ1n) is 4.58. The smallest absolute Gasteiger partial charge is 0.271 e. The molecule has 8 nitrogen and oxygen atoms in total. The summed E-state index contributed by atoms with van der Waals surface area (Å²) in [6.07, 6.45) is 3.34. The largest absolute Gasteiger partial charge is 0.343 e. The predicted molar refractivity (Wildman–Crippen MR) is 54.2 cm³/mol. The lowest BCUT2D eigenvalue weighted by Crippen LogP contribution is -2.43. The van der Waals surface area contributed by atoms with Crippen LogP contribution in [0.25, 0.3) is 0 Å². The van der Waals surface area contributed by atoms with Crippen LogP contribution in [-0.2, 0) is 13.1 Å². The van der Waals surface area contributed by atoms with Crippen molar-refractivity contribution in [1.82, 2.24) is 24.5 Å². The van der Waals surface area contributed by atoms with Crippen LogP contribution in [0.3, 0.4) is 0 Å². The van der Waals surface area contributed by atoms with Crippen molar-refractivity contribution >= 4 is 0 Å². The zero-order chi connectivity index (χ0) is 11.5. The van der Waals surface area contributed by atoms with Gasteiger partial charge in [-0.1, -0.05) is 0 Å². The zero-order valence-corrected chi connectivity index (χ0v) is 8.21. The van der Waals surface area contributed by atoms with Crippen LogP contribution in [0.2, 0.25) is 0 Å². The molecular formula is C8H9N5O3. The first kappa shape index (κ1) is 10.1. The highest BCUT2D eigenvalue weighted by molar-refractivity contribution is 4.77. The van der Waals surface area contributed by atoms with Crippen molar-refractivity contribution in [3.8, 4) is 0 Å². The van der Waals surface area contributed by atoms with Gasteiger partial charge in [-0.15, -0.1) is 0 Å². The summed E-state index contributed by atoms with van der Waals surface area (Å²) in [5, 5.41) is 6.11. The van der Waals surface area contributed by atoms with Gasteiger partial charge < -0.3 is 0 Å². The lowest BCUT2D eigenvalue weighted by molar-refractivity contribution is 0.466. The molecule has 0 aliphatic carbocycles. The highest BCUT2D eigenvalue weighted by Crippen LogP contribution is 1.84. The molecule has 0 aliphatic heterocycles. The van der Waals surface area contributed by atoms with Gasteiger partial charge in [0.2, 0.25) is 0 Å². The van der Waals surface area contributed by atoms with Gasteiger partial charge in [-0.25, -0.2) is 9.48 Å². The van der Waals surface area contributed by atoms with Crippen molar-refractivity contribution in [2.75, 3.05) is 0 Å². The third-order valence-corrected chi connectivity index (χ3v) is 2.02. The molecule has 0 aliphatic rings. The molecule has 0 fully saturated rings. The second-order valence-electron chi connectivity index (χ2n) is 3.12. The first-order valence-corrected chi connectivity index (χ1v) is 4.58. The van der Waals surface area contributed by atoms with Crippen LogP contribution >= 0.6 is 0 Å². The average molecular weight is 223 g/mol. The Morgan fingerprint density at radius 2 is 2.00 bits per heavy atom. The SMILES string of the molecule is O=c1[nH]c(=O)n(CCn2cccn2)[nH]c1=O. The van der Waals surface area contributed by atoms with Gasteiger partial charge in [0.15, 0.2) is 0 Å². The van der Waals surface area contributed by atoms with Crippen molar-refractivity contribution in [1.29, 1.82) is 0 Å². The number of hydrogen-bond donors (Lipinski definition) is 2. The Balaban J connectivity index is 2.22. The van der Waals surface area contributed by atoms with Crippen LogP contribution in [0.5, 0.6) is 0 Å². The Bertz CT molecular complexity index is 633. The van der Waals surface area contributed by atoms with E-state index in [1.165, 1.54) is 0 Å². The standard InChI is InChI=1S/C8H9N5O3/c14-6-7(15)11-13(8(16)10-6)5-4-12-3-1-2-9-12/h1-3H,4-5H2,(H,11,15)(H,10,14,16). The Morgan fingerprint density at radius 3 is 2.69 bits per heavy atom. The molecule has 84 valence electrons. The van der Waals surface area contributed by atoms with Crippen molar-refractivity contribution < 1.29 is 0 Å². The van der Waals surface area contributed by atoms with Crippen LogP contribution in [0, 0.1) is 0 Å². The molecule has 0 atom stereocenters. The molecule has 0 saturated carbocycles. The number of aromatic nitrogens is 5. The van der Waals surface area contributed by atoms with Gasteiger partial charge >= 0.3 is 16.8 Å². The van der Waals surface area contributed by atoms with E-state index in [4.69, 9.17) is 0 Å². The van der Waals surface area contributed by atoms with E-state index >= 15 is 0 Å². The van der Waals surface area contributed by atoms with E-state index in [2.05, 4.69) is 10.2 Å². The molecule has 2 heterocycles. The Morgan fingerprint density at radius 1 is 1.19 bits per heavy atom. The molecule has 8 heteroatoms. The van der Waals surface area contributed by atoms with E-state index in [0.717, 1.165) is 4.68 Å². The molecule has 0 bridgehead atoms. The van der Waals surface area contributed by atoms with Crippen LogP contribution < -0.4 is 16.8 Å². The van der Waals surface area contributed by atoms with Crippen molar-refractivity contribution in [2.45, 2.75) is 13.1 Å². The van der Waals surface area contributed by atoms with Crippen molar-refractivity contribution in [3.05, 3.63) is 49.7 Å². The van der Waals surface area contributed by atoms with Crippen molar-refractivity contribution in [2.24, 2.45) is 0 Å². The summed E-state index contributed by atoms with van der Waals surface area (Å²) in [5.41, 5.74) is -2.43. The molecule has 0 radical (unpaired) electrons. The summed E-state index contributed by atoms with van der Waals surface area (Å²) in [7, 11) is 0. The molecule has 16 heavy (non-hydrogen) atoms. The van der Waals surface area contributed by atoms with E-state index in [1.807, 2.05) is 4.98 Å². The molecule has 2 aromatic rings. The number of nitrogens with zero attached hydrogens (tertiary/aromatic N) is 3. The summed E-state index contributed by atoms with van der Waals surface area (Å²) in [6, 6.07) is 1.75. The van der Waals surface area contributed by atoms with Gasteiger partial charge in [0.1, 0.15) is 0 Å². The third-order valence-electron chi connectivity index (χ3n) is 2.02. The molecule has 2 aromatic heterocycles. The van der Waals surface area contributed by atoms with Crippen LogP contribution in [0.4, 0.5) is 0 Å². The fourth-order valence-corrected chi connectivity index (χ4v) is 1.24. The molecule has 0 spiro atoms. The third kappa shape index (κ3) is 2.00. The number of nitrogens with one attached hydrogen (secondary N) is 2. The summed E-state index contributed by atoms with van der Waals surface area (Å²) in [5.74, 6) is 0. The summed E-state index contributed by atoms with van der Waals surface area (Å²) < 4.78 is 2.64. The van der Waals surface area contributed by atoms with Gasteiger partial charge in [-0.05, 0) is 6.07 Å². The van der Waals surface area contributed by atoms with Gasteiger partial charge in [-0.3, -0.25) is 24.4 Å². The maximum Gasteiger partial charge on any atom is 0.343 e. The molecule has 0 unspecified atom stereocenters. The van der Waals surface area contributed by atoms with Gasteiger partial charge in [-0.2, -0.15) is 5.10 Å². The number of rotatable bonds is 3. The lowest BCUT2D eigenvalue weighted by atomic mass is 10.6. The van der Waals surface area contributed by atoms with E-state index in [-0.39, 0.29) is 6.54 Å². The minimum atomic E-state index is -0.944. The Labute approximate surface area is 88.1 Å². The van der Waals surface area contributed by atoms with Gasteiger partial charge in [0.25, 0.3) is 0 Å². The molecule has 2 rings (SSSR count). The second-order valence-corrected chi connectivity index (χ2v) is 3.12. The van der Waals surface area contributed by atoms with Crippen molar-refractivity contribution in [3.63, 3.8) is 0 Å². The van der Waals surface area contributed by atoms with E-state index in [9.17, 15) is 14.4 Å². The minimum Gasteiger partial charge on any atom is -0.271 e. The molecule has 2 N–H and O–H groups in total. The maximum atomic E-state index is 11.3. The monoisotopic (exact) mass is 223 g/mol. The number of hydrogen-bond acceptors (Lipinski definition) is 4. The Hall–Kier alpha value is -2.38. The highest BCUT2D eigenvalue weighted by atomic mass is 16.2. The number of aryl methyl sites for hydroxylation is 2. The van der Waals surface area contributed by atoms with E-state index in [1.54, 1.807) is 23.1 Å². The quantitative estimate of drug-likeness (QED) is 0.594. The second kappa shape index (κ2) is 4.01.